The number of methoxy groups -OCH3 is 1. The Morgan fingerprint density at radius 2 is 2.09 bits per heavy atom. The van der Waals surface area contributed by atoms with Crippen molar-refractivity contribution in [2.45, 2.75) is 12.1 Å². The Balaban J connectivity index is 2.42. The van der Waals surface area contributed by atoms with E-state index in [1.807, 2.05) is 7.05 Å². The van der Waals surface area contributed by atoms with Gasteiger partial charge in [-0.1, -0.05) is 0 Å². The monoisotopic (exact) mass is 161 g/mol. The van der Waals surface area contributed by atoms with Crippen molar-refractivity contribution in [1.29, 1.82) is 0 Å². The smallest absolute Gasteiger partial charge is 0.100 e. The molecule has 1 aliphatic rings. The SMILES string of the molecule is CO[C@H]1COCC1N(C)OC. The molecule has 1 rings (SSSR count). The number of rotatable bonds is 3. The number of nitrogens with zero attached hydrogens (tertiary/aromatic N) is 1. The molecule has 2 atom stereocenters. The van der Waals surface area contributed by atoms with Crippen LogP contribution in [0, 0.1) is 0 Å². The van der Waals surface area contributed by atoms with Crippen LogP contribution in [0.3, 0.4) is 0 Å². The Hall–Kier alpha value is -0.160. The van der Waals surface area contributed by atoms with Gasteiger partial charge in [-0.2, -0.15) is 5.06 Å². The Bertz CT molecular complexity index is 120. The molecule has 0 aromatic heterocycles. The van der Waals surface area contributed by atoms with Crippen LogP contribution < -0.4 is 0 Å². The Morgan fingerprint density at radius 3 is 2.64 bits per heavy atom. The van der Waals surface area contributed by atoms with Gasteiger partial charge < -0.3 is 14.3 Å². The minimum Gasteiger partial charge on any atom is -0.377 e. The zero-order valence-corrected chi connectivity index (χ0v) is 7.24. The molecule has 1 unspecified atom stereocenters. The first-order valence-corrected chi connectivity index (χ1v) is 3.67. The van der Waals surface area contributed by atoms with Crippen LogP contribution in [0.2, 0.25) is 0 Å². The summed E-state index contributed by atoms with van der Waals surface area (Å²) in [5, 5.41) is 1.77. The van der Waals surface area contributed by atoms with Gasteiger partial charge in [-0.3, -0.25) is 0 Å². The highest BCUT2D eigenvalue weighted by atomic mass is 16.7. The van der Waals surface area contributed by atoms with Gasteiger partial charge in [0.05, 0.1) is 26.4 Å². The average molecular weight is 161 g/mol. The summed E-state index contributed by atoms with van der Waals surface area (Å²) >= 11 is 0. The number of hydroxylamine groups is 2. The summed E-state index contributed by atoms with van der Waals surface area (Å²) in [5.41, 5.74) is 0. The van der Waals surface area contributed by atoms with E-state index in [4.69, 9.17) is 14.3 Å². The summed E-state index contributed by atoms with van der Waals surface area (Å²) in [5.74, 6) is 0. The molecule has 4 heteroatoms. The molecule has 0 N–H and O–H groups in total. The molecule has 0 aromatic carbocycles. The molecule has 1 fully saturated rings. The van der Waals surface area contributed by atoms with Crippen molar-refractivity contribution in [3.8, 4) is 0 Å². The van der Waals surface area contributed by atoms with Gasteiger partial charge in [0.2, 0.25) is 0 Å². The third-order valence-corrected chi connectivity index (χ3v) is 2.06. The fraction of sp³-hybridized carbons (Fsp3) is 1.00. The van der Waals surface area contributed by atoms with E-state index in [0.717, 1.165) is 0 Å². The lowest BCUT2D eigenvalue weighted by Crippen LogP contribution is -2.40. The maximum atomic E-state index is 5.24. The lowest BCUT2D eigenvalue weighted by Gasteiger charge is -2.24. The van der Waals surface area contributed by atoms with Crippen LogP contribution in [0.15, 0.2) is 0 Å². The van der Waals surface area contributed by atoms with Crippen LogP contribution in [0.5, 0.6) is 0 Å². The second kappa shape index (κ2) is 4.01. The zero-order valence-electron chi connectivity index (χ0n) is 7.24. The van der Waals surface area contributed by atoms with Crippen LogP contribution >= 0.6 is 0 Å². The predicted molar refractivity (Wildman–Crippen MR) is 40.2 cm³/mol. The molecule has 0 aliphatic carbocycles. The molecule has 0 bridgehead atoms. The summed E-state index contributed by atoms with van der Waals surface area (Å²) in [6, 6.07) is 0.227. The van der Waals surface area contributed by atoms with E-state index in [9.17, 15) is 0 Å². The Morgan fingerprint density at radius 1 is 1.36 bits per heavy atom. The van der Waals surface area contributed by atoms with Gasteiger partial charge in [-0.15, -0.1) is 0 Å². The predicted octanol–water partition coefficient (Wildman–Crippen LogP) is -0.107. The number of hydrogen-bond acceptors (Lipinski definition) is 4. The van der Waals surface area contributed by atoms with Gasteiger partial charge >= 0.3 is 0 Å². The van der Waals surface area contributed by atoms with Gasteiger partial charge in [0.1, 0.15) is 6.10 Å². The van der Waals surface area contributed by atoms with E-state index in [1.165, 1.54) is 0 Å². The van der Waals surface area contributed by atoms with Crippen LogP contribution in [0.4, 0.5) is 0 Å². The first-order valence-electron chi connectivity index (χ1n) is 3.67. The summed E-state index contributed by atoms with van der Waals surface area (Å²) in [6.07, 6.45) is 0.139. The van der Waals surface area contributed by atoms with Crippen molar-refractivity contribution < 1.29 is 14.3 Å². The topological polar surface area (TPSA) is 30.9 Å². The highest BCUT2D eigenvalue weighted by Crippen LogP contribution is 2.13. The van der Waals surface area contributed by atoms with E-state index < -0.39 is 0 Å². The van der Waals surface area contributed by atoms with Crippen molar-refractivity contribution in [2.75, 3.05) is 34.5 Å². The van der Waals surface area contributed by atoms with Crippen molar-refractivity contribution in [2.24, 2.45) is 0 Å². The molecule has 0 amide bonds. The number of hydrogen-bond donors (Lipinski definition) is 0. The summed E-state index contributed by atoms with van der Waals surface area (Å²) in [4.78, 5) is 5.04. The first kappa shape index (κ1) is 8.93. The van der Waals surface area contributed by atoms with E-state index >= 15 is 0 Å². The highest BCUT2D eigenvalue weighted by Gasteiger charge is 2.31. The third kappa shape index (κ3) is 1.90. The van der Waals surface area contributed by atoms with E-state index in [-0.39, 0.29) is 12.1 Å². The van der Waals surface area contributed by atoms with E-state index in [0.29, 0.717) is 13.2 Å². The normalized spacial score (nSPS) is 31.6. The molecular weight excluding hydrogens is 146 g/mol. The molecule has 0 spiro atoms. The standard InChI is InChI=1S/C7H15NO3/c1-8(10-3)6-4-11-5-7(6)9-2/h6-7H,4-5H2,1-3H3/t6?,7-/m0/s1. The minimum absolute atomic E-state index is 0.139. The van der Waals surface area contributed by atoms with E-state index in [2.05, 4.69) is 0 Å². The van der Waals surface area contributed by atoms with Crippen LogP contribution in [-0.2, 0) is 14.3 Å². The second-order valence-electron chi connectivity index (χ2n) is 2.61. The van der Waals surface area contributed by atoms with Crippen LogP contribution in [-0.4, -0.2) is 51.7 Å². The van der Waals surface area contributed by atoms with Crippen molar-refractivity contribution in [3.05, 3.63) is 0 Å². The summed E-state index contributed by atoms with van der Waals surface area (Å²) < 4.78 is 10.4. The molecule has 66 valence electrons. The van der Waals surface area contributed by atoms with Crippen LogP contribution in [0.1, 0.15) is 0 Å². The molecule has 1 heterocycles. The molecule has 1 aliphatic heterocycles. The van der Waals surface area contributed by atoms with Crippen molar-refractivity contribution >= 4 is 0 Å². The third-order valence-electron chi connectivity index (χ3n) is 2.06. The molecule has 4 nitrogen and oxygen atoms in total. The molecule has 11 heavy (non-hydrogen) atoms. The Kier molecular flexibility index (Phi) is 3.26. The number of ether oxygens (including phenoxy) is 2. The van der Waals surface area contributed by atoms with Gasteiger partial charge in [0.15, 0.2) is 0 Å². The largest absolute Gasteiger partial charge is 0.377 e. The number of likely N-dealkylation sites (N-methyl/N-ethyl adjacent to an activating group) is 1. The minimum atomic E-state index is 0.139. The summed E-state index contributed by atoms with van der Waals surface area (Å²) in [6.45, 7) is 1.34. The zero-order chi connectivity index (χ0) is 8.27. The fourth-order valence-electron chi connectivity index (χ4n) is 1.22. The maximum Gasteiger partial charge on any atom is 0.100 e. The maximum absolute atomic E-state index is 5.24. The molecular formula is C7H15NO3. The molecule has 0 radical (unpaired) electrons. The van der Waals surface area contributed by atoms with Gasteiger partial charge in [0.25, 0.3) is 0 Å². The first-order chi connectivity index (χ1) is 5.29. The van der Waals surface area contributed by atoms with E-state index in [1.54, 1.807) is 19.3 Å². The van der Waals surface area contributed by atoms with Gasteiger partial charge in [0, 0.05) is 14.2 Å². The fourth-order valence-corrected chi connectivity index (χ4v) is 1.22. The Labute approximate surface area is 67.0 Å². The lowest BCUT2D eigenvalue weighted by molar-refractivity contribution is -0.159. The molecule has 0 aromatic rings. The van der Waals surface area contributed by atoms with Crippen molar-refractivity contribution in [3.63, 3.8) is 0 Å². The second-order valence-corrected chi connectivity index (χ2v) is 2.61. The van der Waals surface area contributed by atoms with Crippen molar-refractivity contribution in [1.82, 2.24) is 5.06 Å². The van der Waals surface area contributed by atoms with Crippen LogP contribution in [0.25, 0.3) is 0 Å². The van der Waals surface area contributed by atoms with Gasteiger partial charge in [-0.25, -0.2) is 0 Å². The average Bonchev–Trinajstić information content (AvgIpc) is 2.50. The highest BCUT2D eigenvalue weighted by molar-refractivity contribution is 4.79. The molecule has 1 saturated heterocycles. The molecule has 0 saturated carbocycles. The van der Waals surface area contributed by atoms with Gasteiger partial charge in [-0.05, 0) is 0 Å². The lowest BCUT2D eigenvalue weighted by atomic mass is 10.2. The quantitative estimate of drug-likeness (QED) is 0.540. The summed E-state index contributed by atoms with van der Waals surface area (Å²) in [7, 11) is 5.21.